The highest BCUT2D eigenvalue weighted by Crippen LogP contribution is 2.22. The number of carbonyl (C=O) groups is 1. The molecule has 0 radical (unpaired) electrons. The summed E-state index contributed by atoms with van der Waals surface area (Å²) in [6.07, 6.45) is 5.24. The number of pyridine rings is 1. The van der Waals surface area contributed by atoms with E-state index in [1.54, 1.807) is 24.2 Å². The van der Waals surface area contributed by atoms with Gasteiger partial charge in [0, 0.05) is 38.6 Å². The molecule has 7 nitrogen and oxygen atoms in total. The summed E-state index contributed by atoms with van der Waals surface area (Å²) in [5, 5.41) is 3.25. The fourth-order valence-electron chi connectivity index (χ4n) is 2.52. The van der Waals surface area contributed by atoms with Gasteiger partial charge >= 0.3 is 0 Å². The van der Waals surface area contributed by atoms with Crippen molar-refractivity contribution in [1.29, 1.82) is 0 Å². The Kier molecular flexibility index (Phi) is 4.77. The average molecular weight is 313 g/mol. The van der Waals surface area contributed by atoms with Gasteiger partial charge in [-0.3, -0.25) is 9.78 Å². The average Bonchev–Trinajstić information content (AvgIpc) is 2.61. The normalized spacial score (nSPS) is 17.8. The second-order valence-electron chi connectivity index (χ2n) is 5.32. The maximum absolute atomic E-state index is 11.8. The maximum atomic E-state index is 11.8. The van der Waals surface area contributed by atoms with Gasteiger partial charge in [0.15, 0.2) is 5.82 Å². The summed E-state index contributed by atoms with van der Waals surface area (Å²) in [6, 6.07) is 5.46. The molecule has 0 bridgehead atoms. The van der Waals surface area contributed by atoms with E-state index in [4.69, 9.17) is 4.74 Å². The fourth-order valence-corrected chi connectivity index (χ4v) is 2.52. The van der Waals surface area contributed by atoms with E-state index in [9.17, 15) is 4.79 Å². The van der Waals surface area contributed by atoms with E-state index < -0.39 is 0 Å². The van der Waals surface area contributed by atoms with Gasteiger partial charge in [0.1, 0.15) is 11.9 Å². The van der Waals surface area contributed by atoms with Crippen LogP contribution in [-0.2, 0) is 16.1 Å². The van der Waals surface area contributed by atoms with Crippen molar-refractivity contribution in [3.8, 4) is 0 Å². The molecule has 1 aliphatic heterocycles. The van der Waals surface area contributed by atoms with E-state index in [1.165, 1.54) is 0 Å². The summed E-state index contributed by atoms with van der Waals surface area (Å²) in [5.74, 6) is 1.32. The van der Waals surface area contributed by atoms with E-state index >= 15 is 0 Å². The predicted octanol–water partition coefficient (Wildman–Crippen LogP) is 1.40. The number of nitrogens with one attached hydrogen (secondary N) is 1. The van der Waals surface area contributed by atoms with E-state index in [2.05, 4.69) is 20.3 Å². The first-order chi connectivity index (χ1) is 11.2. The molecule has 3 rings (SSSR count). The molecular formula is C16H19N5O2. The number of hydrogen-bond acceptors (Lipinski definition) is 6. The Morgan fingerprint density at radius 3 is 3.13 bits per heavy atom. The zero-order valence-electron chi connectivity index (χ0n) is 13.0. The molecule has 0 saturated carbocycles. The van der Waals surface area contributed by atoms with Crippen LogP contribution in [0.5, 0.6) is 0 Å². The van der Waals surface area contributed by atoms with Gasteiger partial charge in [-0.15, -0.1) is 0 Å². The summed E-state index contributed by atoms with van der Waals surface area (Å²) >= 11 is 0. The largest absolute Gasteiger partial charge is 0.377 e. The highest BCUT2D eigenvalue weighted by atomic mass is 16.5. The third kappa shape index (κ3) is 3.81. The Morgan fingerprint density at radius 2 is 2.35 bits per heavy atom. The first-order valence-electron chi connectivity index (χ1n) is 7.54. The molecule has 1 amide bonds. The molecular weight excluding hydrogens is 294 g/mol. The number of ether oxygens (including phenoxy) is 1. The molecule has 1 atom stereocenters. The van der Waals surface area contributed by atoms with Crippen LogP contribution in [0.3, 0.4) is 0 Å². The van der Waals surface area contributed by atoms with Crippen LogP contribution in [0.1, 0.15) is 24.4 Å². The van der Waals surface area contributed by atoms with Crippen LogP contribution in [0.25, 0.3) is 0 Å². The zero-order chi connectivity index (χ0) is 16.1. The highest BCUT2D eigenvalue weighted by molar-refractivity contribution is 5.73. The minimum absolute atomic E-state index is 0.00984. The number of rotatable bonds is 4. The number of carbonyl (C=O) groups excluding carboxylic acids is 1. The molecule has 0 unspecified atom stereocenters. The Hall–Kier alpha value is -2.54. The summed E-state index contributed by atoms with van der Waals surface area (Å²) in [4.78, 5) is 26.4. The monoisotopic (exact) mass is 313 g/mol. The Labute approximate surface area is 134 Å². The lowest BCUT2D eigenvalue weighted by Gasteiger charge is -2.33. The number of aromatic nitrogens is 3. The zero-order valence-corrected chi connectivity index (χ0v) is 13.0. The number of hydrogen-bond donors (Lipinski definition) is 1. The van der Waals surface area contributed by atoms with Gasteiger partial charge in [-0.1, -0.05) is 6.07 Å². The molecule has 1 fully saturated rings. The summed E-state index contributed by atoms with van der Waals surface area (Å²) < 4.78 is 5.48. The topological polar surface area (TPSA) is 80.2 Å². The number of morpholine rings is 1. The molecule has 3 heterocycles. The smallest absolute Gasteiger partial charge is 0.220 e. The van der Waals surface area contributed by atoms with Crippen molar-refractivity contribution < 1.29 is 9.53 Å². The lowest BCUT2D eigenvalue weighted by Crippen LogP contribution is -2.43. The van der Waals surface area contributed by atoms with Crippen molar-refractivity contribution >= 4 is 11.7 Å². The minimum Gasteiger partial charge on any atom is -0.377 e. The van der Waals surface area contributed by atoms with Gasteiger partial charge in [0.25, 0.3) is 0 Å². The van der Waals surface area contributed by atoms with E-state index in [1.807, 2.05) is 24.4 Å². The third-order valence-electron chi connectivity index (χ3n) is 3.70. The van der Waals surface area contributed by atoms with Crippen molar-refractivity contribution in [2.75, 3.05) is 25.1 Å². The second kappa shape index (κ2) is 7.15. The molecule has 0 spiro atoms. The molecule has 0 aromatic carbocycles. The van der Waals surface area contributed by atoms with Crippen LogP contribution in [-0.4, -0.2) is 45.5 Å². The molecule has 23 heavy (non-hydrogen) atoms. The van der Waals surface area contributed by atoms with Crippen LogP contribution in [0.2, 0.25) is 0 Å². The Balaban J connectivity index is 1.72. The minimum atomic E-state index is -0.235. The quantitative estimate of drug-likeness (QED) is 0.919. The van der Waals surface area contributed by atoms with E-state index in [-0.39, 0.29) is 11.9 Å². The molecule has 2 aromatic rings. The first kappa shape index (κ1) is 15.4. The van der Waals surface area contributed by atoms with E-state index in [0.29, 0.717) is 37.9 Å². The highest BCUT2D eigenvalue weighted by Gasteiger charge is 2.28. The molecule has 0 aliphatic carbocycles. The van der Waals surface area contributed by atoms with Gasteiger partial charge in [-0.25, -0.2) is 9.97 Å². The van der Waals surface area contributed by atoms with Crippen LogP contribution in [0.15, 0.2) is 36.8 Å². The summed E-state index contributed by atoms with van der Waals surface area (Å²) in [5.41, 5.74) is 1.07. The van der Waals surface area contributed by atoms with Crippen LogP contribution < -0.4 is 5.32 Å². The van der Waals surface area contributed by atoms with Crippen LogP contribution >= 0.6 is 0 Å². The maximum Gasteiger partial charge on any atom is 0.220 e. The van der Waals surface area contributed by atoms with Crippen LogP contribution in [0, 0.1) is 0 Å². The number of nitrogens with zero attached hydrogens (tertiary/aromatic N) is 4. The third-order valence-corrected chi connectivity index (χ3v) is 3.70. The molecule has 120 valence electrons. The van der Waals surface area contributed by atoms with Gasteiger partial charge in [0.05, 0.1) is 13.2 Å². The van der Waals surface area contributed by atoms with Gasteiger partial charge in [-0.05, 0) is 17.7 Å². The van der Waals surface area contributed by atoms with Gasteiger partial charge in [0.2, 0.25) is 5.91 Å². The SMILES string of the molecule is CC(=O)N1CCOC[C@H]1c1nccc(NCc2cccnc2)n1. The molecule has 2 aromatic heterocycles. The molecule has 1 aliphatic rings. The summed E-state index contributed by atoms with van der Waals surface area (Å²) in [6.45, 7) is 3.72. The lowest BCUT2D eigenvalue weighted by molar-refractivity contribution is -0.138. The van der Waals surface area contributed by atoms with Crippen molar-refractivity contribution in [3.63, 3.8) is 0 Å². The van der Waals surface area contributed by atoms with Gasteiger partial charge < -0.3 is 15.0 Å². The Morgan fingerprint density at radius 1 is 1.43 bits per heavy atom. The molecule has 1 saturated heterocycles. The molecule has 1 N–H and O–H groups in total. The summed E-state index contributed by atoms with van der Waals surface area (Å²) in [7, 11) is 0. The van der Waals surface area contributed by atoms with Crippen LogP contribution in [0.4, 0.5) is 5.82 Å². The van der Waals surface area contributed by atoms with E-state index in [0.717, 1.165) is 5.56 Å². The fraction of sp³-hybridized carbons (Fsp3) is 0.375. The molecule has 7 heteroatoms. The first-order valence-corrected chi connectivity index (χ1v) is 7.54. The number of anilines is 1. The van der Waals surface area contributed by atoms with Crippen molar-refractivity contribution in [3.05, 3.63) is 48.2 Å². The lowest BCUT2D eigenvalue weighted by atomic mass is 10.2. The van der Waals surface area contributed by atoms with Gasteiger partial charge in [-0.2, -0.15) is 0 Å². The van der Waals surface area contributed by atoms with Crippen molar-refractivity contribution in [2.45, 2.75) is 19.5 Å². The standard InChI is InChI=1S/C16H19N5O2/c1-12(22)21-7-8-23-11-14(21)16-18-6-4-15(20-16)19-10-13-3-2-5-17-9-13/h2-6,9,14H,7-8,10-11H2,1H3,(H,18,19,20)/t14-/m0/s1. The van der Waals surface area contributed by atoms with Crippen molar-refractivity contribution in [1.82, 2.24) is 19.9 Å². The number of amides is 1. The van der Waals surface area contributed by atoms with Crippen molar-refractivity contribution in [2.24, 2.45) is 0 Å². The Bertz CT molecular complexity index is 665. The second-order valence-corrected chi connectivity index (χ2v) is 5.32. The predicted molar refractivity (Wildman–Crippen MR) is 84.5 cm³/mol.